The van der Waals surface area contributed by atoms with Crippen molar-refractivity contribution in [1.29, 1.82) is 0 Å². The summed E-state index contributed by atoms with van der Waals surface area (Å²) in [6, 6.07) is 6.48. The highest BCUT2D eigenvalue weighted by Crippen LogP contribution is 2.26. The smallest absolute Gasteiger partial charge is 0.263 e. The molecule has 2 aromatic rings. The zero-order chi connectivity index (χ0) is 14.8. The fourth-order valence-corrected chi connectivity index (χ4v) is 3.18. The van der Waals surface area contributed by atoms with Crippen LogP contribution in [0.2, 0.25) is 0 Å². The third-order valence-electron chi connectivity index (χ3n) is 2.61. The predicted octanol–water partition coefficient (Wildman–Crippen LogP) is 2.05. The van der Waals surface area contributed by atoms with Crippen molar-refractivity contribution in [3.63, 3.8) is 0 Å². The van der Waals surface area contributed by atoms with Crippen molar-refractivity contribution >= 4 is 31.6 Å². The molecule has 0 saturated carbocycles. The van der Waals surface area contributed by atoms with Crippen LogP contribution in [-0.2, 0) is 16.6 Å². The lowest BCUT2D eigenvalue weighted by molar-refractivity contribution is 0.415. The average molecular weight is 360 g/mol. The number of benzene rings is 1. The molecule has 0 fully saturated rings. The van der Waals surface area contributed by atoms with E-state index in [0.717, 1.165) is 0 Å². The number of anilines is 1. The van der Waals surface area contributed by atoms with Gasteiger partial charge in [-0.05, 0) is 18.2 Å². The van der Waals surface area contributed by atoms with Gasteiger partial charge in [0.15, 0.2) is 0 Å². The van der Waals surface area contributed by atoms with Gasteiger partial charge in [0.05, 0.1) is 12.8 Å². The minimum atomic E-state index is -3.66. The number of nitrogens with two attached hydrogens (primary N) is 1. The van der Waals surface area contributed by atoms with E-state index < -0.39 is 10.0 Å². The first-order valence-corrected chi connectivity index (χ1v) is 7.97. The normalized spacial score (nSPS) is 11.3. The number of aromatic nitrogens is 1. The molecule has 0 spiro atoms. The highest BCUT2D eigenvalue weighted by molar-refractivity contribution is 9.10. The second-order valence-electron chi connectivity index (χ2n) is 4.05. The van der Waals surface area contributed by atoms with Crippen molar-refractivity contribution in [1.82, 2.24) is 4.98 Å². The van der Waals surface area contributed by atoms with Crippen molar-refractivity contribution < 1.29 is 13.2 Å². The zero-order valence-corrected chi connectivity index (χ0v) is 13.1. The molecule has 1 aromatic heterocycles. The second-order valence-corrected chi connectivity index (χ2v) is 6.65. The number of H-pyrrole nitrogens is 1. The van der Waals surface area contributed by atoms with E-state index in [1.54, 1.807) is 18.2 Å². The molecule has 8 heteroatoms. The molecule has 0 unspecified atom stereocenters. The van der Waals surface area contributed by atoms with E-state index in [9.17, 15) is 8.42 Å². The summed E-state index contributed by atoms with van der Waals surface area (Å²) in [5.41, 5.74) is 6.51. The fourth-order valence-electron chi connectivity index (χ4n) is 1.65. The summed E-state index contributed by atoms with van der Waals surface area (Å²) in [6.45, 7) is 0.250. The Morgan fingerprint density at radius 2 is 2.10 bits per heavy atom. The van der Waals surface area contributed by atoms with E-state index in [1.807, 2.05) is 0 Å². The SMILES string of the molecule is COc1cc(Br)cc(NS(=O)(=O)c2c[nH]c(CN)c2)c1. The third kappa shape index (κ3) is 3.33. The monoisotopic (exact) mass is 359 g/mol. The summed E-state index contributed by atoms with van der Waals surface area (Å²) in [4.78, 5) is 2.94. The van der Waals surface area contributed by atoms with Crippen LogP contribution in [0.15, 0.2) is 39.8 Å². The number of hydrogen-bond acceptors (Lipinski definition) is 4. The molecule has 0 atom stereocenters. The minimum Gasteiger partial charge on any atom is -0.497 e. The van der Waals surface area contributed by atoms with Crippen molar-refractivity contribution in [2.75, 3.05) is 11.8 Å². The summed E-state index contributed by atoms with van der Waals surface area (Å²) in [5, 5.41) is 0. The molecule has 0 radical (unpaired) electrons. The molecule has 1 aromatic carbocycles. The van der Waals surface area contributed by atoms with Crippen LogP contribution in [0.5, 0.6) is 5.75 Å². The summed E-state index contributed by atoms with van der Waals surface area (Å²) in [7, 11) is -2.14. The highest BCUT2D eigenvalue weighted by Gasteiger charge is 2.16. The maximum Gasteiger partial charge on any atom is 0.263 e. The number of ether oxygens (including phenoxy) is 1. The van der Waals surface area contributed by atoms with E-state index in [-0.39, 0.29) is 11.4 Å². The van der Waals surface area contributed by atoms with Gasteiger partial charge in [-0.25, -0.2) is 8.42 Å². The first-order chi connectivity index (χ1) is 9.44. The lowest BCUT2D eigenvalue weighted by Gasteiger charge is -2.09. The van der Waals surface area contributed by atoms with Crippen LogP contribution in [0.4, 0.5) is 5.69 Å². The van der Waals surface area contributed by atoms with Gasteiger partial charge in [-0.2, -0.15) is 0 Å². The largest absolute Gasteiger partial charge is 0.497 e. The number of aromatic amines is 1. The van der Waals surface area contributed by atoms with Gasteiger partial charge in [0, 0.05) is 29.0 Å². The molecule has 0 bridgehead atoms. The average Bonchev–Trinajstić information content (AvgIpc) is 2.87. The Hall–Kier alpha value is -1.51. The van der Waals surface area contributed by atoms with Crippen LogP contribution in [0, 0.1) is 0 Å². The summed E-state index contributed by atoms with van der Waals surface area (Å²) < 4.78 is 32.7. The molecule has 1 heterocycles. The Labute approximate surface area is 125 Å². The molecular formula is C12H14BrN3O3S. The van der Waals surface area contributed by atoms with Crippen molar-refractivity contribution in [3.05, 3.63) is 40.6 Å². The predicted molar refractivity (Wildman–Crippen MR) is 80.2 cm³/mol. The minimum absolute atomic E-state index is 0.136. The van der Waals surface area contributed by atoms with Crippen LogP contribution in [0.3, 0.4) is 0 Å². The van der Waals surface area contributed by atoms with Crippen LogP contribution in [-0.4, -0.2) is 20.5 Å². The van der Waals surface area contributed by atoms with Gasteiger partial charge in [-0.3, -0.25) is 4.72 Å². The quantitative estimate of drug-likeness (QED) is 0.760. The van der Waals surface area contributed by atoms with Crippen LogP contribution in [0.1, 0.15) is 5.69 Å². The number of sulfonamides is 1. The summed E-state index contributed by atoms with van der Waals surface area (Å²) >= 11 is 3.30. The maximum absolute atomic E-state index is 12.2. The molecule has 6 nitrogen and oxygen atoms in total. The fraction of sp³-hybridized carbons (Fsp3) is 0.167. The van der Waals surface area contributed by atoms with E-state index in [0.29, 0.717) is 21.6 Å². The summed E-state index contributed by atoms with van der Waals surface area (Å²) in [6.07, 6.45) is 1.40. The van der Waals surface area contributed by atoms with Crippen LogP contribution in [0.25, 0.3) is 0 Å². The standard InChI is InChI=1S/C12H14BrN3O3S/c1-19-11-3-8(13)2-9(4-11)16-20(17,18)12-5-10(6-14)15-7-12/h2-5,7,15-16H,6,14H2,1H3. The Morgan fingerprint density at radius 3 is 2.70 bits per heavy atom. The van der Waals surface area contributed by atoms with Gasteiger partial charge >= 0.3 is 0 Å². The van der Waals surface area contributed by atoms with Crippen LogP contribution < -0.4 is 15.2 Å². The Bertz CT molecular complexity index is 712. The van der Waals surface area contributed by atoms with Gasteiger partial charge in [0.25, 0.3) is 10.0 Å². The van der Waals surface area contributed by atoms with Gasteiger partial charge in [-0.1, -0.05) is 15.9 Å². The van der Waals surface area contributed by atoms with E-state index in [1.165, 1.54) is 19.4 Å². The highest BCUT2D eigenvalue weighted by atomic mass is 79.9. The zero-order valence-electron chi connectivity index (χ0n) is 10.7. The lowest BCUT2D eigenvalue weighted by Crippen LogP contribution is -2.12. The van der Waals surface area contributed by atoms with Crippen molar-refractivity contribution in [2.45, 2.75) is 11.4 Å². The first-order valence-electron chi connectivity index (χ1n) is 5.69. The van der Waals surface area contributed by atoms with E-state index in [2.05, 4.69) is 25.6 Å². The van der Waals surface area contributed by atoms with Crippen LogP contribution >= 0.6 is 15.9 Å². The van der Waals surface area contributed by atoms with Crippen molar-refractivity contribution in [2.24, 2.45) is 5.73 Å². The second kappa shape index (κ2) is 5.86. The van der Waals surface area contributed by atoms with E-state index >= 15 is 0 Å². The molecule has 0 aliphatic heterocycles. The topological polar surface area (TPSA) is 97.2 Å². The number of halogens is 1. The number of methoxy groups -OCH3 is 1. The Balaban J connectivity index is 2.30. The maximum atomic E-state index is 12.2. The third-order valence-corrected chi connectivity index (χ3v) is 4.42. The molecule has 108 valence electrons. The molecule has 2 rings (SSSR count). The number of rotatable bonds is 5. The molecule has 0 amide bonds. The van der Waals surface area contributed by atoms with Crippen molar-refractivity contribution in [3.8, 4) is 5.75 Å². The van der Waals surface area contributed by atoms with Gasteiger partial charge in [-0.15, -0.1) is 0 Å². The number of hydrogen-bond donors (Lipinski definition) is 3. The molecule has 4 N–H and O–H groups in total. The summed E-state index contributed by atoms with van der Waals surface area (Å²) in [5.74, 6) is 0.550. The molecular weight excluding hydrogens is 346 g/mol. The van der Waals surface area contributed by atoms with Gasteiger partial charge in [0.2, 0.25) is 0 Å². The molecule has 0 aliphatic carbocycles. The Kier molecular flexibility index (Phi) is 4.36. The first kappa shape index (κ1) is 14.9. The molecule has 0 aliphatic rings. The molecule has 0 saturated heterocycles. The number of nitrogens with one attached hydrogen (secondary N) is 2. The lowest BCUT2D eigenvalue weighted by atomic mass is 10.3. The van der Waals surface area contributed by atoms with Gasteiger partial charge in [0.1, 0.15) is 10.6 Å². The van der Waals surface area contributed by atoms with E-state index in [4.69, 9.17) is 10.5 Å². The molecule has 20 heavy (non-hydrogen) atoms. The Morgan fingerprint density at radius 1 is 1.35 bits per heavy atom. The van der Waals surface area contributed by atoms with Gasteiger partial charge < -0.3 is 15.5 Å².